The van der Waals surface area contributed by atoms with Crippen molar-refractivity contribution in [3.63, 3.8) is 0 Å². The van der Waals surface area contributed by atoms with Gasteiger partial charge in [-0.1, -0.05) is 13.8 Å². The van der Waals surface area contributed by atoms with Crippen LogP contribution < -0.4 is 0 Å². The second-order valence-electron chi connectivity index (χ2n) is 4.02. The van der Waals surface area contributed by atoms with Gasteiger partial charge in [0.1, 0.15) is 0 Å². The molecule has 70 valence electrons. The zero-order valence-corrected chi connectivity index (χ0v) is 8.51. The van der Waals surface area contributed by atoms with Crippen LogP contribution >= 0.6 is 0 Å². The molecule has 2 rings (SSSR count). The second kappa shape index (κ2) is 3.49. The maximum absolute atomic E-state index is 4.44. The van der Waals surface area contributed by atoms with E-state index in [1.165, 1.54) is 30.5 Å². The van der Waals surface area contributed by atoms with Crippen molar-refractivity contribution < 1.29 is 0 Å². The van der Waals surface area contributed by atoms with Crippen LogP contribution in [0, 0.1) is 0 Å². The number of hydrogen-bond acceptors (Lipinski definition) is 1. The van der Waals surface area contributed by atoms with E-state index >= 15 is 0 Å². The van der Waals surface area contributed by atoms with Crippen molar-refractivity contribution in [2.24, 2.45) is 0 Å². The molecule has 1 atom stereocenters. The first-order valence-electron chi connectivity index (χ1n) is 5.29. The van der Waals surface area contributed by atoms with Crippen LogP contribution in [0.5, 0.6) is 0 Å². The summed E-state index contributed by atoms with van der Waals surface area (Å²) in [5, 5.41) is 0. The molecule has 0 aromatic carbocycles. The molecule has 1 aliphatic rings. The number of aryl methyl sites for hydroxylation is 2. The average Bonchev–Trinajstić information content (AvgIpc) is 2.18. The van der Waals surface area contributed by atoms with Crippen molar-refractivity contribution in [1.82, 2.24) is 4.98 Å². The predicted molar refractivity (Wildman–Crippen MR) is 55.0 cm³/mol. The predicted octanol–water partition coefficient (Wildman–Crippen LogP) is 3.08. The van der Waals surface area contributed by atoms with Crippen molar-refractivity contribution in [1.29, 1.82) is 0 Å². The molecule has 1 aromatic rings. The fourth-order valence-electron chi connectivity index (χ4n) is 2.16. The molecule has 0 bridgehead atoms. The molecule has 1 heterocycles. The molecule has 1 unspecified atom stereocenters. The number of pyridine rings is 1. The molecule has 1 nitrogen and oxygen atoms in total. The van der Waals surface area contributed by atoms with Crippen molar-refractivity contribution in [3.8, 4) is 0 Å². The van der Waals surface area contributed by atoms with Crippen LogP contribution in [0.4, 0.5) is 0 Å². The smallest absolute Gasteiger partial charge is 0.0403 e. The monoisotopic (exact) mass is 175 g/mol. The highest BCUT2D eigenvalue weighted by molar-refractivity contribution is 5.31. The molecule has 0 saturated carbocycles. The Hall–Kier alpha value is -0.850. The average molecular weight is 175 g/mol. The van der Waals surface area contributed by atoms with Gasteiger partial charge in [-0.2, -0.15) is 0 Å². The second-order valence-corrected chi connectivity index (χ2v) is 4.02. The fraction of sp³-hybridized carbons (Fsp3) is 0.583. The quantitative estimate of drug-likeness (QED) is 0.639. The van der Waals surface area contributed by atoms with E-state index in [-0.39, 0.29) is 0 Å². The van der Waals surface area contributed by atoms with Crippen LogP contribution in [-0.2, 0) is 12.8 Å². The highest BCUT2D eigenvalue weighted by atomic mass is 14.7. The van der Waals surface area contributed by atoms with Gasteiger partial charge in [-0.05, 0) is 48.8 Å². The minimum absolute atomic E-state index is 0.747. The SMILES string of the molecule is CCc1cc2c(cn1)CCCC2C. The molecular weight excluding hydrogens is 158 g/mol. The summed E-state index contributed by atoms with van der Waals surface area (Å²) in [4.78, 5) is 4.44. The lowest BCUT2D eigenvalue weighted by Crippen LogP contribution is -2.08. The Bertz CT molecular complexity index is 304. The molecule has 13 heavy (non-hydrogen) atoms. The van der Waals surface area contributed by atoms with Crippen molar-refractivity contribution in [2.45, 2.75) is 45.4 Å². The molecule has 1 aromatic heterocycles. The lowest BCUT2D eigenvalue weighted by atomic mass is 9.84. The number of nitrogens with zero attached hydrogens (tertiary/aromatic N) is 1. The van der Waals surface area contributed by atoms with Gasteiger partial charge in [0.25, 0.3) is 0 Å². The molecule has 0 aliphatic heterocycles. The minimum Gasteiger partial charge on any atom is -0.261 e. The maximum atomic E-state index is 4.44. The highest BCUT2D eigenvalue weighted by Crippen LogP contribution is 2.30. The maximum Gasteiger partial charge on any atom is 0.0403 e. The standard InChI is InChI=1S/C12H17N/c1-3-11-7-12-9(2)5-4-6-10(12)8-13-11/h7-9H,3-6H2,1-2H3. The van der Waals surface area contributed by atoms with Crippen LogP contribution in [0.25, 0.3) is 0 Å². The van der Waals surface area contributed by atoms with Crippen molar-refractivity contribution in [2.75, 3.05) is 0 Å². The van der Waals surface area contributed by atoms with Crippen molar-refractivity contribution in [3.05, 3.63) is 29.1 Å². The lowest BCUT2D eigenvalue weighted by molar-refractivity contribution is 0.586. The van der Waals surface area contributed by atoms with Gasteiger partial charge in [0, 0.05) is 11.9 Å². The molecule has 1 heteroatoms. The lowest BCUT2D eigenvalue weighted by Gasteiger charge is -2.22. The zero-order chi connectivity index (χ0) is 9.26. The van der Waals surface area contributed by atoms with E-state index in [1.54, 1.807) is 5.56 Å². The summed E-state index contributed by atoms with van der Waals surface area (Å²) >= 11 is 0. The normalized spacial score (nSPS) is 21.2. The molecule has 0 spiro atoms. The Morgan fingerprint density at radius 2 is 2.38 bits per heavy atom. The van der Waals surface area contributed by atoms with Gasteiger partial charge >= 0.3 is 0 Å². The van der Waals surface area contributed by atoms with Gasteiger partial charge in [0.2, 0.25) is 0 Å². The molecule has 1 aliphatic carbocycles. The minimum atomic E-state index is 0.747. The molecule has 0 amide bonds. The van der Waals surface area contributed by atoms with E-state index in [0.29, 0.717) is 0 Å². The van der Waals surface area contributed by atoms with E-state index in [1.807, 2.05) is 0 Å². The van der Waals surface area contributed by atoms with Gasteiger partial charge in [-0.15, -0.1) is 0 Å². The van der Waals surface area contributed by atoms with Gasteiger partial charge in [0.15, 0.2) is 0 Å². The van der Waals surface area contributed by atoms with Crippen LogP contribution in [0.1, 0.15) is 49.4 Å². The van der Waals surface area contributed by atoms with Crippen LogP contribution in [0.15, 0.2) is 12.3 Å². The third-order valence-electron chi connectivity index (χ3n) is 3.06. The summed E-state index contributed by atoms with van der Waals surface area (Å²) in [6.45, 7) is 4.50. The van der Waals surface area contributed by atoms with E-state index in [2.05, 4.69) is 31.1 Å². The van der Waals surface area contributed by atoms with Crippen molar-refractivity contribution >= 4 is 0 Å². The summed E-state index contributed by atoms with van der Waals surface area (Å²) < 4.78 is 0. The molecular formula is C12H17N. The number of hydrogen-bond donors (Lipinski definition) is 0. The van der Waals surface area contributed by atoms with Crippen LogP contribution in [0.3, 0.4) is 0 Å². The third-order valence-corrected chi connectivity index (χ3v) is 3.06. The Labute approximate surface area is 80.2 Å². The summed E-state index contributed by atoms with van der Waals surface area (Å²) in [5.74, 6) is 0.747. The van der Waals surface area contributed by atoms with Gasteiger partial charge in [-0.3, -0.25) is 4.98 Å². The first-order valence-corrected chi connectivity index (χ1v) is 5.29. The summed E-state index contributed by atoms with van der Waals surface area (Å²) in [6.07, 6.45) is 7.06. The Morgan fingerprint density at radius 3 is 3.15 bits per heavy atom. The van der Waals surface area contributed by atoms with E-state index in [0.717, 1.165) is 12.3 Å². The van der Waals surface area contributed by atoms with E-state index in [4.69, 9.17) is 0 Å². The summed E-state index contributed by atoms with van der Waals surface area (Å²) in [7, 11) is 0. The Kier molecular flexibility index (Phi) is 2.34. The topological polar surface area (TPSA) is 12.9 Å². The number of rotatable bonds is 1. The van der Waals surface area contributed by atoms with Gasteiger partial charge in [0.05, 0.1) is 0 Å². The number of fused-ring (bicyclic) bond motifs is 1. The largest absolute Gasteiger partial charge is 0.261 e. The molecule has 0 radical (unpaired) electrons. The Balaban J connectivity index is 2.41. The van der Waals surface area contributed by atoms with Gasteiger partial charge in [-0.25, -0.2) is 0 Å². The summed E-state index contributed by atoms with van der Waals surface area (Å²) in [5.41, 5.74) is 4.28. The van der Waals surface area contributed by atoms with Crippen LogP contribution in [-0.4, -0.2) is 4.98 Å². The van der Waals surface area contributed by atoms with Crippen LogP contribution in [0.2, 0.25) is 0 Å². The fourth-order valence-corrected chi connectivity index (χ4v) is 2.16. The Morgan fingerprint density at radius 1 is 1.54 bits per heavy atom. The molecule has 0 N–H and O–H groups in total. The van der Waals surface area contributed by atoms with Gasteiger partial charge < -0.3 is 0 Å². The first kappa shape index (κ1) is 8.74. The number of aromatic nitrogens is 1. The zero-order valence-electron chi connectivity index (χ0n) is 8.51. The summed E-state index contributed by atoms with van der Waals surface area (Å²) in [6, 6.07) is 2.30. The third kappa shape index (κ3) is 1.60. The van der Waals surface area contributed by atoms with E-state index in [9.17, 15) is 0 Å². The molecule has 0 fully saturated rings. The highest BCUT2D eigenvalue weighted by Gasteiger charge is 2.16. The van der Waals surface area contributed by atoms with E-state index < -0.39 is 0 Å². The first-order chi connectivity index (χ1) is 6.31. The molecule has 0 saturated heterocycles.